The zero-order valence-corrected chi connectivity index (χ0v) is 11.4. The quantitative estimate of drug-likeness (QED) is 0.730. The number of fused-ring (bicyclic) bond motifs is 1. The van der Waals surface area contributed by atoms with Crippen LogP contribution < -0.4 is 4.90 Å². The van der Waals surface area contributed by atoms with Crippen LogP contribution in [0.3, 0.4) is 0 Å². The molecular weight excluding hydrogens is 250 g/mol. The fourth-order valence-electron chi connectivity index (χ4n) is 2.39. The predicted molar refractivity (Wildman–Crippen MR) is 73.2 cm³/mol. The van der Waals surface area contributed by atoms with Crippen LogP contribution in [0.25, 0.3) is 11.0 Å². The van der Waals surface area contributed by atoms with E-state index in [4.69, 9.17) is 11.6 Å². The summed E-state index contributed by atoms with van der Waals surface area (Å²) in [7, 11) is 4.14. The molecule has 2 aromatic rings. The number of imidazole rings is 1. The Balaban J connectivity index is 2.02. The van der Waals surface area contributed by atoms with Crippen LogP contribution in [0.4, 0.5) is 5.95 Å². The first-order chi connectivity index (χ1) is 8.66. The van der Waals surface area contributed by atoms with Gasteiger partial charge in [-0.2, -0.15) is 0 Å². The van der Waals surface area contributed by atoms with E-state index >= 15 is 0 Å². The van der Waals surface area contributed by atoms with Gasteiger partial charge in [0.05, 0.1) is 5.52 Å². The molecule has 0 aliphatic carbocycles. The third-order valence-corrected chi connectivity index (χ3v) is 3.78. The van der Waals surface area contributed by atoms with Crippen LogP contribution >= 0.6 is 11.6 Å². The zero-order valence-electron chi connectivity index (χ0n) is 10.6. The van der Waals surface area contributed by atoms with Gasteiger partial charge in [0, 0.05) is 39.4 Å². The number of anilines is 1. The maximum Gasteiger partial charge on any atom is 0.206 e. The minimum atomic E-state index is 0.517. The standard InChI is InChI=1S/C12H16ClN5/c1-16-5-7-18(8-6-16)12-15-9-3-4-14-11(13)10(9)17(12)2/h3-4H,5-8H2,1-2H3. The van der Waals surface area contributed by atoms with E-state index in [2.05, 4.69) is 26.8 Å². The minimum Gasteiger partial charge on any atom is -0.340 e. The van der Waals surface area contributed by atoms with Gasteiger partial charge in [0.15, 0.2) is 5.15 Å². The second-order valence-electron chi connectivity index (χ2n) is 4.73. The molecule has 0 radical (unpaired) electrons. The molecule has 3 heterocycles. The molecule has 2 aromatic heterocycles. The summed E-state index contributed by atoms with van der Waals surface area (Å²) in [5.41, 5.74) is 1.82. The lowest BCUT2D eigenvalue weighted by molar-refractivity contribution is 0.310. The summed E-state index contributed by atoms with van der Waals surface area (Å²) in [6.07, 6.45) is 1.70. The average Bonchev–Trinajstić information content (AvgIpc) is 2.69. The van der Waals surface area contributed by atoms with E-state index in [0.717, 1.165) is 43.2 Å². The predicted octanol–water partition coefficient (Wildman–Crippen LogP) is 1.37. The summed E-state index contributed by atoms with van der Waals surface area (Å²) in [4.78, 5) is 13.4. The normalized spacial score (nSPS) is 17.6. The van der Waals surface area contributed by atoms with Gasteiger partial charge in [0.2, 0.25) is 5.95 Å². The molecule has 96 valence electrons. The fraction of sp³-hybridized carbons (Fsp3) is 0.500. The number of likely N-dealkylation sites (N-methyl/N-ethyl adjacent to an activating group) is 1. The molecule has 0 amide bonds. The molecule has 0 unspecified atom stereocenters. The lowest BCUT2D eigenvalue weighted by atomic mass is 10.3. The van der Waals surface area contributed by atoms with Gasteiger partial charge in [0.25, 0.3) is 0 Å². The first kappa shape index (κ1) is 11.7. The molecule has 1 fully saturated rings. The molecule has 0 N–H and O–H groups in total. The smallest absolute Gasteiger partial charge is 0.206 e. The van der Waals surface area contributed by atoms with Gasteiger partial charge in [-0.15, -0.1) is 0 Å². The number of aryl methyl sites for hydroxylation is 1. The maximum absolute atomic E-state index is 6.14. The van der Waals surface area contributed by atoms with E-state index in [9.17, 15) is 0 Å². The van der Waals surface area contributed by atoms with Crippen molar-refractivity contribution in [3.05, 3.63) is 17.4 Å². The highest BCUT2D eigenvalue weighted by Gasteiger charge is 2.20. The molecule has 5 nitrogen and oxygen atoms in total. The van der Waals surface area contributed by atoms with Crippen molar-refractivity contribution in [2.75, 3.05) is 38.1 Å². The Hall–Kier alpha value is -1.33. The number of hydrogen-bond donors (Lipinski definition) is 0. The highest BCUT2D eigenvalue weighted by molar-refractivity contribution is 6.33. The molecule has 0 saturated carbocycles. The summed E-state index contributed by atoms with van der Waals surface area (Å²) in [6.45, 7) is 4.13. The van der Waals surface area contributed by atoms with Crippen molar-refractivity contribution in [2.45, 2.75) is 0 Å². The molecule has 0 bridgehead atoms. The number of halogens is 1. The minimum absolute atomic E-state index is 0.517. The number of nitrogens with zero attached hydrogens (tertiary/aromatic N) is 5. The number of aromatic nitrogens is 3. The first-order valence-corrected chi connectivity index (χ1v) is 6.45. The molecule has 1 aliphatic heterocycles. The van der Waals surface area contributed by atoms with E-state index in [0.29, 0.717) is 5.15 Å². The van der Waals surface area contributed by atoms with Crippen LogP contribution in [-0.2, 0) is 7.05 Å². The Labute approximate surface area is 111 Å². The largest absolute Gasteiger partial charge is 0.340 e. The van der Waals surface area contributed by atoms with Crippen molar-refractivity contribution >= 4 is 28.6 Å². The van der Waals surface area contributed by atoms with Crippen molar-refractivity contribution < 1.29 is 0 Å². The molecule has 0 spiro atoms. The van der Waals surface area contributed by atoms with E-state index in [1.165, 1.54) is 0 Å². The van der Waals surface area contributed by atoms with Crippen LogP contribution in [0.5, 0.6) is 0 Å². The lowest BCUT2D eigenvalue weighted by Crippen LogP contribution is -2.45. The van der Waals surface area contributed by atoms with Crippen LogP contribution in [0.2, 0.25) is 5.15 Å². The highest BCUT2D eigenvalue weighted by atomic mass is 35.5. The lowest BCUT2D eigenvalue weighted by Gasteiger charge is -2.32. The van der Waals surface area contributed by atoms with Gasteiger partial charge in [-0.1, -0.05) is 11.6 Å². The molecule has 6 heteroatoms. The summed E-state index contributed by atoms with van der Waals surface area (Å²) in [6, 6.07) is 1.90. The number of hydrogen-bond acceptors (Lipinski definition) is 4. The van der Waals surface area contributed by atoms with Gasteiger partial charge in [0.1, 0.15) is 5.52 Å². The Morgan fingerprint density at radius 3 is 2.56 bits per heavy atom. The van der Waals surface area contributed by atoms with E-state index in [1.54, 1.807) is 6.20 Å². The molecule has 1 aliphatic rings. The topological polar surface area (TPSA) is 37.2 Å². The number of piperazine rings is 1. The third kappa shape index (κ3) is 1.83. The van der Waals surface area contributed by atoms with Gasteiger partial charge in [-0.05, 0) is 13.1 Å². The molecule has 3 rings (SSSR count). The van der Waals surface area contributed by atoms with Gasteiger partial charge in [-0.3, -0.25) is 0 Å². The molecular formula is C12H16ClN5. The summed E-state index contributed by atoms with van der Waals surface area (Å²) in [5, 5.41) is 0.517. The van der Waals surface area contributed by atoms with Crippen molar-refractivity contribution in [1.82, 2.24) is 19.4 Å². The van der Waals surface area contributed by atoms with Crippen molar-refractivity contribution in [3.8, 4) is 0 Å². The Kier molecular flexibility index (Phi) is 2.87. The van der Waals surface area contributed by atoms with Gasteiger partial charge >= 0.3 is 0 Å². The second kappa shape index (κ2) is 4.40. The zero-order chi connectivity index (χ0) is 12.7. The van der Waals surface area contributed by atoms with E-state index in [1.807, 2.05) is 17.7 Å². The monoisotopic (exact) mass is 265 g/mol. The molecule has 0 aromatic carbocycles. The summed E-state index contributed by atoms with van der Waals surface area (Å²) >= 11 is 6.14. The second-order valence-corrected chi connectivity index (χ2v) is 5.09. The van der Waals surface area contributed by atoms with Crippen LogP contribution in [0.15, 0.2) is 12.3 Å². The Morgan fingerprint density at radius 1 is 1.17 bits per heavy atom. The van der Waals surface area contributed by atoms with Crippen LogP contribution in [0, 0.1) is 0 Å². The van der Waals surface area contributed by atoms with Gasteiger partial charge in [-0.25, -0.2) is 9.97 Å². The van der Waals surface area contributed by atoms with Crippen LogP contribution in [0.1, 0.15) is 0 Å². The SMILES string of the molecule is CN1CCN(c2nc3ccnc(Cl)c3n2C)CC1. The maximum atomic E-state index is 6.14. The van der Waals surface area contributed by atoms with Crippen molar-refractivity contribution in [2.24, 2.45) is 7.05 Å². The van der Waals surface area contributed by atoms with E-state index in [-0.39, 0.29) is 0 Å². The Morgan fingerprint density at radius 2 is 1.89 bits per heavy atom. The molecule has 18 heavy (non-hydrogen) atoms. The third-order valence-electron chi connectivity index (χ3n) is 3.50. The highest BCUT2D eigenvalue weighted by Crippen LogP contribution is 2.26. The fourth-order valence-corrected chi connectivity index (χ4v) is 2.67. The van der Waals surface area contributed by atoms with Crippen molar-refractivity contribution in [1.29, 1.82) is 0 Å². The molecule has 0 atom stereocenters. The van der Waals surface area contributed by atoms with Gasteiger partial charge < -0.3 is 14.4 Å². The van der Waals surface area contributed by atoms with E-state index < -0.39 is 0 Å². The summed E-state index contributed by atoms with van der Waals surface area (Å²) < 4.78 is 2.04. The number of pyridine rings is 1. The van der Waals surface area contributed by atoms with Crippen molar-refractivity contribution in [3.63, 3.8) is 0 Å². The first-order valence-electron chi connectivity index (χ1n) is 6.07. The number of rotatable bonds is 1. The van der Waals surface area contributed by atoms with Crippen LogP contribution in [-0.4, -0.2) is 52.7 Å². The summed E-state index contributed by atoms with van der Waals surface area (Å²) in [5.74, 6) is 0.980. The Bertz CT molecular complexity index is 571. The average molecular weight is 266 g/mol. The molecule has 1 saturated heterocycles.